The van der Waals surface area contributed by atoms with Crippen molar-refractivity contribution in [3.05, 3.63) is 10.6 Å². The van der Waals surface area contributed by atoms with E-state index in [-0.39, 0.29) is 0 Å². The Morgan fingerprint density at radius 3 is 2.29 bits per heavy atom. The van der Waals surface area contributed by atoms with E-state index in [4.69, 9.17) is 0 Å². The molecule has 0 saturated heterocycles. The van der Waals surface area contributed by atoms with Crippen molar-refractivity contribution in [3.8, 4) is 0 Å². The normalized spacial score (nSPS) is 11.9. The molecule has 0 aromatic carbocycles. The predicted octanol–water partition coefficient (Wildman–Crippen LogP) is 2.00. The van der Waals surface area contributed by atoms with Gasteiger partial charge in [-0.3, -0.25) is 0 Å². The van der Waals surface area contributed by atoms with Crippen molar-refractivity contribution in [1.29, 1.82) is 0 Å². The first kappa shape index (κ1) is 11.5. The number of thiazole rings is 1. The van der Waals surface area contributed by atoms with E-state index in [1.165, 1.54) is 0 Å². The van der Waals surface area contributed by atoms with Gasteiger partial charge in [0.05, 0.1) is 16.2 Å². The van der Waals surface area contributed by atoms with Gasteiger partial charge in [0, 0.05) is 14.1 Å². The molecule has 80 valence electrons. The molecule has 0 spiro atoms. The SMILES string of the molecule is CCc1nc(N(C)C)sc1C(C)(C)O. The van der Waals surface area contributed by atoms with E-state index in [9.17, 15) is 5.11 Å². The highest BCUT2D eigenvalue weighted by Gasteiger charge is 2.24. The Kier molecular flexibility index (Phi) is 3.17. The van der Waals surface area contributed by atoms with Crippen LogP contribution < -0.4 is 4.90 Å². The van der Waals surface area contributed by atoms with Gasteiger partial charge < -0.3 is 10.0 Å². The Hall–Kier alpha value is -0.610. The molecule has 0 radical (unpaired) electrons. The third kappa shape index (κ3) is 2.25. The Balaban J connectivity index is 3.16. The van der Waals surface area contributed by atoms with Crippen LogP contribution in [0.4, 0.5) is 5.13 Å². The summed E-state index contributed by atoms with van der Waals surface area (Å²) >= 11 is 1.56. The van der Waals surface area contributed by atoms with Crippen LogP contribution in [0.2, 0.25) is 0 Å². The Labute approximate surface area is 89.4 Å². The summed E-state index contributed by atoms with van der Waals surface area (Å²) in [4.78, 5) is 7.43. The van der Waals surface area contributed by atoms with E-state index in [0.717, 1.165) is 22.1 Å². The minimum Gasteiger partial charge on any atom is -0.385 e. The molecule has 1 aromatic heterocycles. The fraction of sp³-hybridized carbons (Fsp3) is 0.700. The number of rotatable bonds is 3. The summed E-state index contributed by atoms with van der Waals surface area (Å²) in [6.07, 6.45) is 0.865. The number of aryl methyl sites for hydroxylation is 1. The van der Waals surface area contributed by atoms with Crippen LogP contribution in [0.25, 0.3) is 0 Å². The monoisotopic (exact) mass is 214 g/mol. The molecule has 0 aliphatic heterocycles. The molecule has 14 heavy (non-hydrogen) atoms. The predicted molar refractivity (Wildman–Crippen MR) is 61.1 cm³/mol. The van der Waals surface area contributed by atoms with E-state index < -0.39 is 5.60 Å². The first-order chi connectivity index (χ1) is 6.36. The van der Waals surface area contributed by atoms with E-state index in [1.807, 2.05) is 19.0 Å². The maximum atomic E-state index is 9.95. The molecule has 0 atom stereocenters. The second-order valence-corrected chi connectivity index (χ2v) is 5.06. The number of anilines is 1. The highest BCUT2D eigenvalue weighted by atomic mass is 32.1. The lowest BCUT2D eigenvalue weighted by molar-refractivity contribution is 0.0814. The molecule has 0 saturated carbocycles. The fourth-order valence-corrected chi connectivity index (χ4v) is 2.33. The molecule has 1 aromatic rings. The van der Waals surface area contributed by atoms with Crippen molar-refractivity contribution in [2.24, 2.45) is 0 Å². The first-order valence-electron chi connectivity index (χ1n) is 4.76. The van der Waals surface area contributed by atoms with Gasteiger partial charge in [0.1, 0.15) is 0 Å². The minimum atomic E-state index is -0.780. The molecular formula is C10H18N2OS. The van der Waals surface area contributed by atoms with Gasteiger partial charge in [-0.25, -0.2) is 4.98 Å². The third-order valence-corrected chi connectivity index (χ3v) is 3.54. The summed E-state index contributed by atoms with van der Waals surface area (Å²) in [5.74, 6) is 0. The summed E-state index contributed by atoms with van der Waals surface area (Å²) in [5, 5.41) is 10.9. The number of hydrogen-bond acceptors (Lipinski definition) is 4. The largest absolute Gasteiger partial charge is 0.385 e. The number of hydrogen-bond donors (Lipinski definition) is 1. The summed E-state index contributed by atoms with van der Waals surface area (Å²) in [6.45, 7) is 5.67. The van der Waals surface area contributed by atoms with Crippen molar-refractivity contribution in [2.45, 2.75) is 32.8 Å². The molecule has 0 unspecified atom stereocenters. The molecular weight excluding hydrogens is 196 g/mol. The van der Waals surface area contributed by atoms with E-state index >= 15 is 0 Å². The van der Waals surface area contributed by atoms with Crippen LogP contribution in [0, 0.1) is 0 Å². The van der Waals surface area contributed by atoms with Crippen LogP contribution in [-0.2, 0) is 12.0 Å². The van der Waals surface area contributed by atoms with Gasteiger partial charge in [-0.1, -0.05) is 18.3 Å². The quantitative estimate of drug-likeness (QED) is 0.836. The van der Waals surface area contributed by atoms with Crippen molar-refractivity contribution < 1.29 is 5.11 Å². The van der Waals surface area contributed by atoms with E-state index in [0.29, 0.717) is 0 Å². The van der Waals surface area contributed by atoms with Crippen LogP contribution in [0.3, 0.4) is 0 Å². The van der Waals surface area contributed by atoms with Crippen LogP contribution in [0.15, 0.2) is 0 Å². The van der Waals surface area contributed by atoms with Gasteiger partial charge in [-0.05, 0) is 20.3 Å². The fourth-order valence-electron chi connectivity index (χ4n) is 1.25. The second kappa shape index (κ2) is 3.87. The van der Waals surface area contributed by atoms with Crippen LogP contribution in [0.1, 0.15) is 31.3 Å². The zero-order valence-corrected chi connectivity index (χ0v) is 10.3. The molecule has 1 N–H and O–H groups in total. The Bertz CT molecular complexity index is 312. The highest BCUT2D eigenvalue weighted by molar-refractivity contribution is 7.15. The van der Waals surface area contributed by atoms with Gasteiger partial charge in [-0.15, -0.1) is 0 Å². The lowest BCUT2D eigenvalue weighted by atomic mass is 10.1. The van der Waals surface area contributed by atoms with Gasteiger partial charge >= 0.3 is 0 Å². The van der Waals surface area contributed by atoms with Crippen molar-refractivity contribution in [1.82, 2.24) is 4.98 Å². The molecule has 0 aliphatic rings. The molecule has 1 rings (SSSR count). The third-order valence-electron chi connectivity index (χ3n) is 1.96. The second-order valence-electron chi connectivity index (χ2n) is 4.08. The van der Waals surface area contributed by atoms with Crippen LogP contribution >= 0.6 is 11.3 Å². The minimum absolute atomic E-state index is 0.780. The van der Waals surface area contributed by atoms with Gasteiger partial charge in [0.15, 0.2) is 5.13 Å². The van der Waals surface area contributed by atoms with Gasteiger partial charge in [0.25, 0.3) is 0 Å². The molecule has 4 heteroatoms. The molecule has 0 aliphatic carbocycles. The highest BCUT2D eigenvalue weighted by Crippen LogP contribution is 2.33. The Morgan fingerprint density at radius 2 is 2.00 bits per heavy atom. The maximum absolute atomic E-state index is 9.95. The Morgan fingerprint density at radius 1 is 1.43 bits per heavy atom. The smallest absolute Gasteiger partial charge is 0.185 e. The van der Waals surface area contributed by atoms with Gasteiger partial charge in [-0.2, -0.15) is 0 Å². The molecule has 3 nitrogen and oxygen atoms in total. The zero-order chi connectivity index (χ0) is 10.9. The first-order valence-corrected chi connectivity index (χ1v) is 5.57. The van der Waals surface area contributed by atoms with E-state index in [1.54, 1.807) is 25.2 Å². The van der Waals surface area contributed by atoms with Crippen LogP contribution in [0.5, 0.6) is 0 Å². The van der Waals surface area contributed by atoms with Gasteiger partial charge in [0.2, 0.25) is 0 Å². The summed E-state index contributed by atoms with van der Waals surface area (Å²) in [6, 6.07) is 0. The number of nitrogens with zero attached hydrogens (tertiary/aromatic N) is 2. The van der Waals surface area contributed by atoms with Crippen molar-refractivity contribution in [2.75, 3.05) is 19.0 Å². The summed E-state index contributed by atoms with van der Waals surface area (Å²) in [7, 11) is 3.93. The maximum Gasteiger partial charge on any atom is 0.185 e. The average molecular weight is 214 g/mol. The molecule has 0 bridgehead atoms. The summed E-state index contributed by atoms with van der Waals surface area (Å²) < 4.78 is 0. The zero-order valence-electron chi connectivity index (χ0n) is 9.46. The average Bonchev–Trinajstić information content (AvgIpc) is 2.46. The molecule has 0 amide bonds. The standard InChI is InChI=1S/C10H18N2OS/c1-6-7-8(10(2,3)13)14-9(11-7)12(4)5/h13H,6H2,1-5H3. The lowest BCUT2D eigenvalue weighted by Gasteiger charge is -2.15. The van der Waals surface area contributed by atoms with E-state index in [2.05, 4.69) is 11.9 Å². The number of aliphatic hydroxyl groups is 1. The molecule has 0 fully saturated rings. The van der Waals surface area contributed by atoms with Crippen molar-refractivity contribution >= 4 is 16.5 Å². The van der Waals surface area contributed by atoms with Crippen LogP contribution in [-0.4, -0.2) is 24.2 Å². The summed E-state index contributed by atoms with van der Waals surface area (Å²) in [5.41, 5.74) is 0.225. The topological polar surface area (TPSA) is 36.4 Å². The van der Waals surface area contributed by atoms with Crippen molar-refractivity contribution in [3.63, 3.8) is 0 Å². The number of aromatic nitrogens is 1. The lowest BCUT2D eigenvalue weighted by Crippen LogP contribution is -2.15. The molecule has 1 heterocycles.